The van der Waals surface area contributed by atoms with E-state index in [1.54, 1.807) is 30.3 Å². The van der Waals surface area contributed by atoms with Gasteiger partial charge in [-0.05, 0) is 43.2 Å². The molecule has 0 atom stereocenters. The molecule has 2 aromatic rings. The van der Waals surface area contributed by atoms with E-state index in [0.717, 1.165) is 5.56 Å². The zero-order valence-electron chi connectivity index (χ0n) is 13.2. The molecule has 0 spiro atoms. The first-order valence-electron chi connectivity index (χ1n) is 7.42. The number of para-hydroxylation sites is 1. The van der Waals surface area contributed by atoms with E-state index in [2.05, 4.69) is 10.6 Å². The molecule has 6 heteroatoms. The van der Waals surface area contributed by atoms with E-state index < -0.39 is 11.9 Å². The first-order chi connectivity index (χ1) is 11.5. The Balaban J connectivity index is 2.11. The number of carbonyl (C=O) groups excluding carboxylic acids is 3. The number of nitrogens with one attached hydrogen (secondary N) is 2. The lowest BCUT2D eigenvalue weighted by Crippen LogP contribution is -2.24. The first kappa shape index (κ1) is 17.2. The van der Waals surface area contributed by atoms with Crippen molar-refractivity contribution in [3.63, 3.8) is 0 Å². The number of anilines is 2. The van der Waals surface area contributed by atoms with Gasteiger partial charge in [-0.3, -0.25) is 9.59 Å². The molecule has 0 saturated heterocycles. The molecule has 24 heavy (non-hydrogen) atoms. The zero-order chi connectivity index (χ0) is 17.5. The highest BCUT2D eigenvalue weighted by molar-refractivity contribution is 6.10. The molecule has 0 radical (unpaired) electrons. The van der Waals surface area contributed by atoms with E-state index >= 15 is 0 Å². The molecule has 2 amide bonds. The molecule has 2 rings (SSSR count). The summed E-state index contributed by atoms with van der Waals surface area (Å²) in [5.74, 6) is -2.15. The highest BCUT2D eigenvalue weighted by atomic mass is 16.4. The zero-order valence-corrected chi connectivity index (χ0v) is 13.2. The van der Waals surface area contributed by atoms with Crippen molar-refractivity contribution < 1.29 is 19.5 Å². The summed E-state index contributed by atoms with van der Waals surface area (Å²) in [6.45, 7) is 1.92. The highest BCUT2D eigenvalue weighted by Crippen LogP contribution is 2.18. The van der Waals surface area contributed by atoms with Crippen LogP contribution in [0, 0.1) is 6.92 Å². The topological polar surface area (TPSA) is 98.3 Å². The van der Waals surface area contributed by atoms with Crippen molar-refractivity contribution in [2.45, 2.75) is 19.8 Å². The van der Waals surface area contributed by atoms with Crippen molar-refractivity contribution in [2.24, 2.45) is 0 Å². The van der Waals surface area contributed by atoms with Crippen LogP contribution in [-0.2, 0) is 9.59 Å². The van der Waals surface area contributed by atoms with Gasteiger partial charge in [-0.15, -0.1) is 0 Å². The summed E-state index contributed by atoms with van der Waals surface area (Å²) in [5.41, 5.74) is 2.28. The van der Waals surface area contributed by atoms with Gasteiger partial charge < -0.3 is 20.5 Å². The number of benzene rings is 2. The van der Waals surface area contributed by atoms with Crippen LogP contribution in [0.5, 0.6) is 0 Å². The third-order valence-corrected chi connectivity index (χ3v) is 3.28. The molecule has 0 bridgehead atoms. The predicted octanol–water partition coefficient (Wildman–Crippen LogP) is 1.72. The number of carboxylic acids is 1. The molecule has 2 aromatic carbocycles. The number of aliphatic carboxylic acids is 1. The Bertz CT molecular complexity index is 771. The Morgan fingerprint density at radius 3 is 2.42 bits per heavy atom. The monoisotopic (exact) mass is 325 g/mol. The van der Waals surface area contributed by atoms with Gasteiger partial charge in [-0.2, -0.15) is 0 Å². The molecule has 0 fully saturated rings. The van der Waals surface area contributed by atoms with Gasteiger partial charge in [0.25, 0.3) is 5.91 Å². The third kappa shape index (κ3) is 4.95. The largest absolute Gasteiger partial charge is 0.550 e. The van der Waals surface area contributed by atoms with E-state index in [4.69, 9.17) is 0 Å². The average Bonchev–Trinajstić information content (AvgIpc) is 2.53. The molecule has 0 aliphatic heterocycles. The van der Waals surface area contributed by atoms with Gasteiger partial charge in [0.05, 0.1) is 11.3 Å². The normalized spacial score (nSPS) is 10.0. The Morgan fingerprint density at radius 2 is 1.71 bits per heavy atom. The van der Waals surface area contributed by atoms with Crippen LogP contribution in [0.25, 0.3) is 0 Å². The van der Waals surface area contributed by atoms with E-state index in [0.29, 0.717) is 16.9 Å². The van der Waals surface area contributed by atoms with Gasteiger partial charge in [0.1, 0.15) is 0 Å². The van der Waals surface area contributed by atoms with Crippen LogP contribution in [0.2, 0.25) is 0 Å². The number of amides is 2. The Hall–Kier alpha value is -3.15. The second-order valence-corrected chi connectivity index (χ2v) is 5.29. The molecule has 2 N–H and O–H groups in total. The van der Waals surface area contributed by atoms with Gasteiger partial charge in [-0.25, -0.2) is 0 Å². The maximum atomic E-state index is 12.4. The Kier molecular flexibility index (Phi) is 5.68. The van der Waals surface area contributed by atoms with Crippen molar-refractivity contribution in [1.82, 2.24) is 0 Å². The molecule has 0 saturated carbocycles. The minimum atomic E-state index is -1.30. The van der Waals surface area contributed by atoms with Crippen LogP contribution in [0.1, 0.15) is 28.8 Å². The molecule has 0 aliphatic carbocycles. The first-order valence-corrected chi connectivity index (χ1v) is 7.42. The van der Waals surface area contributed by atoms with E-state index in [1.165, 1.54) is 0 Å². The van der Waals surface area contributed by atoms with Crippen LogP contribution in [0.3, 0.4) is 0 Å². The molecule has 6 nitrogen and oxygen atoms in total. The highest BCUT2D eigenvalue weighted by Gasteiger charge is 2.13. The number of hydrogen-bond donors (Lipinski definition) is 2. The summed E-state index contributed by atoms with van der Waals surface area (Å²) in [7, 11) is 0. The van der Waals surface area contributed by atoms with E-state index in [1.807, 2.05) is 25.1 Å². The third-order valence-electron chi connectivity index (χ3n) is 3.28. The van der Waals surface area contributed by atoms with Gasteiger partial charge in [0.2, 0.25) is 5.91 Å². The minimum absolute atomic E-state index is 0.212. The predicted molar refractivity (Wildman–Crippen MR) is 88.4 cm³/mol. The maximum Gasteiger partial charge on any atom is 0.257 e. The average molecular weight is 325 g/mol. The van der Waals surface area contributed by atoms with Crippen LogP contribution < -0.4 is 15.7 Å². The lowest BCUT2D eigenvalue weighted by atomic mass is 10.1. The summed E-state index contributed by atoms with van der Waals surface area (Å²) in [5, 5.41) is 15.7. The molecular formula is C18H17N2O4-. The van der Waals surface area contributed by atoms with Crippen molar-refractivity contribution in [3.05, 3.63) is 59.7 Å². The van der Waals surface area contributed by atoms with Crippen LogP contribution >= 0.6 is 0 Å². The molecule has 0 heterocycles. The van der Waals surface area contributed by atoms with Crippen molar-refractivity contribution in [2.75, 3.05) is 10.6 Å². The molecular weight excluding hydrogens is 308 g/mol. The van der Waals surface area contributed by atoms with Gasteiger partial charge >= 0.3 is 0 Å². The fourth-order valence-corrected chi connectivity index (χ4v) is 2.14. The van der Waals surface area contributed by atoms with Gasteiger partial charge in [0.15, 0.2) is 0 Å². The SMILES string of the molecule is Cc1cccc(NC(=O)c2ccccc2NC(=O)CCC(=O)[O-])c1. The van der Waals surface area contributed by atoms with Gasteiger partial charge in [0, 0.05) is 18.1 Å². The standard InChI is InChI=1S/C18H18N2O4/c1-12-5-4-6-13(11-12)19-18(24)14-7-2-3-8-15(14)20-16(21)9-10-17(22)23/h2-8,11H,9-10H2,1H3,(H,19,24)(H,20,21)(H,22,23)/p-1. The second kappa shape index (κ2) is 7.92. The Labute approximate surface area is 139 Å². The molecule has 0 unspecified atom stereocenters. The number of carboxylic acid groups (broad SMARTS) is 1. The Morgan fingerprint density at radius 1 is 0.958 bits per heavy atom. The minimum Gasteiger partial charge on any atom is -0.550 e. The van der Waals surface area contributed by atoms with Crippen LogP contribution in [0.4, 0.5) is 11.4 Å². The summed E-state index contributed by atoms with van der Waals surface area (Å²) in [6, 6.07) is 13.9. The van der Waals surface area contributed by atoms with Crippen molar-refractivity contribution >= 4 is 29.2 Å². The summed E-state index contributed by atoms with van der Waals surface area (Å²) in [4.78, 5) is 34.6. The van der Waals surface area contributed by atoms with E-state index in [9.17, 15) is 19.5 Å². The van der Waals surface area contributed by atoms with Crippen LogP contribution in [0.15, 0.2) is 48.5 Å². The number of hydrogen-bond acceptors (Lipinski definition) is 4. The molecule has 124 valence electrons. The fraction of sp³-hybridized carbons (Fsp3) is 0.167. The summed E-state index contributed by atoms with van der Waals surface area (Å²) >= 11 is 0. The number of rotatable bonds is 6. The van der Waals surface area contributed by atoms with E-state index in [-0.39, 0.29) is 18.7 Å². The fourth-order valence-electron chi connectivity index (χ4n) is 2.14. The smallest absolute Gasteiger partial charge is 0.257 e. The lowest BCUT2D eigenvalue weighted by Gasteiger charge is -2.12. The summed E-state index contributed by atoms with van der Waals surface area (Å²) < 4.78 is 0. The lowest BCUT2D eigenvalue weighted by molar-refractivity contribution is -0.305. The number of carbonyl (C=O) groups is 3. The molecule has 0 aliphatic rings. The van der Waals surface area contributed by atoms with Crippen molar-refractivity contribution in [3.8, 4) is 0 Å². The molecule has 0 aromatic heterocycles. The maximum absolute atomic E-state index is 12.4. The van der Waals surface area contributed by atoms with Gasteiger partial charge in [-0.1, -0.05) is 24.3 Å². The number of aryl methyl sites for hydroxylation is 1. The quantitative estimate of drug-likeness (QED) is 0.845. The second-order valence-electron chi connectivity index (χ2n) is 5.29. The summed E-state index contributed by atoms with van der Waals surface area (Å²) in [6.07, 6.45) is -0.584. The van der Waals surface area contributed by atoms with Crippen molar-refractivity contribution in [1.29, 1.82) is 0 Å². The van der Waals surface area contributed by atoms with Crippen LogP contribution in [-0.4, -0.2) is 17.8 Å².